The Labute approximate surface area is 109 Å². The topological polar surface area (TPSA) is 52.0 Å². The monoisotopic (exact) mass is 364 g/mol. The lowest BCUT2D eigenvalue weighted by molar-refractivity contribution is 0.116. The van der Waals surface area contributed by atoms with E-state index in [4.69, 9.17) is 11.5 Å². The second kappa shape index (κ2) is 5.98. The first kappa shape index (κ1) is 15.1. The zero-order valence-corrected chi connectivity index (χ0v) is 11.4. The van der Waals surface area contributed by atoms with Crippen LogP contribution in [0.1, 0.15) is 11.6 Å². The highest BCUT2D eigenvalue weighted by Crippen LogP contribution is 2.33. The van der Waals surface area contributed by atoms with Crippen molar-refractivity contribution in [3.05, 3.63) is 26.6 Å². The maximum atomic E-state index is 12.3. The van der Waals surface area contributed by atoms with Crippen LogP contribution in [0.4, 0.5) is 14.5 Å². The Kier molecular flexibility index (Phi) is 6.02. The number of anilines is 1. The molecule has 1 atom stereocenters. The van der Waals surface area contributed by atoms with Crippen LogP contribution in [0.25, 0.3) is 0 Å². The van der Waals surface area contributed by atoms with Gasteiger partial charge in [-0.2, -0.15) is 0 Å². The zero-order chi connectivity index (χ0) is 10.9. The van der Waals surface area contributed by atoms with Gasteiger partial charge in [0.05, 0.1) is 11.7 Å². The first-order valence-electron chi connectivity index (χ1n) is 3.71. The first-order valence-corrected chi connectivity index (χ1v) is 5.30. The maximum absolute atomic E-state index is 12.3. The molecule has 0 aliphatic carbocycles. The largest absolute Gasteiger partial charge is 0.398 e. The predicted molar refractivity (Wildman–Crippen MR) is 66.4 cm³/mol. The van der Waals surface area contributed by atoms with E-state index >= 15 is 0 Å². The van der Waals surface area contributed by atoms with Crippen LogP contribution in [0, 0.1) is 0 Å². The van der Waals surface area contributed by atoms with Crippen molar-refractivity contribution in [1.82, 2.24) is 0 Å². The molecule has 1 rings (SSSR count). The molecule has 0 bridgehead atoms. The Hall–Kier alpha value is 0.0900. The van der Waals surface area contributed by atoms with Gasteiger partial charge < -0.3 is 11.5 Å². The summed E-state index contributed by atoms with van der Waals surface area (Å²) in [5.74, 6) is 0. The number of halogens is 5. The molecule has 0 radical (unpaired) electrons. The summed E-state index contributed by atoms with van der Waals surface area (Å²) in [6, 6.07) is 1.82. The van der Waals surface area contributed by atoms with E-state index in [1.165, 1.54) is 6.07 Å². The predicted octanol–water partition coefficient (Wildman–Crippen LogP) is 3.48. The molecule has 15 heavy (non-hydrogen) atoms. The van der Waals surface area contributed by atoms with Gasteiger partial charge in [0.1, 0.15) is 0 Å². The van der Waals surface area contributed by atoms with Crippen molar-refractivity contribution in [3.8, 4) is 0 Å². The molecule has 86 valence electrons. The Morgan fingerprint density at radius 2 is 1.73 bits per heavy atom. The van der Waals surface area contributed by atoms with Gasteiger partial charge in [-0.25, -0.2) is 8.78 Å². The molecule has 4 N–H and O–H groups in total. The number of hydrogen-bond donors (Lipinski definition) is 2. The minimum atomic E-state index is -2.63. The van der Waals surface area contributed by atoms with Crippen LogP contribution in [0.2, 0.25) is 0 Å². The molecule has 1 aromatic carbocycles. The average Bonchev–Trinajstić information content (AvgIpc) is 2.09. The third-order valence-electron chi connectivity index (χ3n) is 1.76. The van der Waals surface area contributed by atoms with Crippen molar-refractivity contribution in [1.29, 1.82) is 0 Å². The van der Waals surface area contributed by atoms with Gasteiger partial charge in [0.2, 0.25) is 0 Å². The van der Waals surface area contributed by atoms with Crippen LogP contribution < -0.4 is 11.5 Å². The fourth-order valence-corrected chi connectivity index (χ4v) is 2.27. The molecular formula is C8H9Br2ClF2N2. The fraction of sp³-hybridized carbons (Fsp3) is 0.250. The molecule has 2 nitrogen and oxygen atoms in total. The van der Waals surface area contributed by atoms with Crippen molar-refractivity contribution in [2.75, 3.05) is 5.73 Å². The molecule has 0 spiro atoms. The molecule has 0 amide bonds. The Morgan fingerprint density at radius 3 is 2.20 bits per heavy atom. The SMILES string of the molecule is Cl.Nc1c(Br)cc(Br)cc1[C@H](N)C(F)F. The second-order valence-corrected chi connectivity index (χ2v) is 4.52. The van der Waals surface area contributed by atoms with Gasteiger partial charge in [-0.05, 0) is 33.6 Å². The van der Waals surface area contributed by atoms with Crippen molar-refractivity contribution in [3.63, 3.8) is 0 Å². The molecule has 0 aliphatic rings. The number of nitrogens with two attached hydrogens (primary N) is 2. The van der Waals surface area contributed by atoms with Gasteiger partial charge in [0.25, 0.3) is 6.43 Å². The Balaban J connectivity index is 0.00000196. The van der Waals surface area contributed by atoms with Gasteiger partial charge in [0, 0.05) is 8.95 Å². The van der Waals surface area contributed by atoms with Gasteiger partial charge in [0.15, 0.2) is 0 Å². The van der Waals surface area contributed by atoms with Crippen LogP contribution in [-0.2, 0) is 0 Å². The normalized spacial score (nSPS) is 12.4. The van der Waals surface area contributed by atoms with E-state index in [0.29, 0.717) is 8.95 Å². The fourth-order valence-electron chi connectivity index (χ4n) is 1.02. The van der Waals surface area contributed by atoms with Gasteiger partial charge in [-0.15, -0.1) is 12.4 Å². The maximum Gasteiger partial charge on any atom is 0.257 e. The molecule has 0 aromatic heterocycles. The van der Waals surface area contributed by atoms with Gasteiger partial charge in [-0.3, -0.25) is 0 Å². The third kappa shape index (κ3) is 3.55. The minimum Gasteiger partial charge on any atom is -0.398 e. The molecule has 0 heterocycles. The van der Waals surface area contributed by atoms with Crippen LogP contribution in [0.5, 0.6) is 0 Å². The number of nitrogen functional groups attached to an aromatic ring is 1. The number of alkyl halides is 2. The standard InChI is InChI=1S/C8H8Br2F2N2.ClH/c9-3-1-4(7(14)8(11)12)6(13)5(10)2-3;/h1-2,7-8H,13-14H2;1H/t7-;/m0./s1. The third-order valence-corrected chi connectivity index (χ3v) is 2.87. The number of rotatable bonds is 2. The van der Waals surface area contributed by atoms with E-state index in [1.807, 2.05) is 0 Å². The Bertz CT molecular complexity index is 350. The summed E-state index contributed by atoms with van der Waals surface area (Å²) in [6.45, 7) is 0. The van der Waals surface area contributed by atoms with E-state index in [0.717, 1.165) is 0 Å². The number of benzene rings is 1. The highest BCUT2D eigenvalue weighted by Gasteiger charge is 2.21. The lowest BCUT2D eigenvalue weighted by Crippen LogP contribution is -2.20. The summed E-state index contributed by atoms with van der Waals surface area (Å²) in [7, 11) is 0. The molecule has 0 unspecified atom stereocenters. The van der Waals surface area contributed by atoms with E-state index in [1.54, 1.807) is 6.07 Å². The summed E-state index contributed by atoms with van der Waals surface area (Å²) in [6.07, 6.45) is -2.63. The van der Waals surface area contributed by atoms with E-state index in [2.05, 4.69) is 31.9 Å². The quantitative estimate of drug-likeness (QED) is 0.788. The minimum absolute atomic E-state index is 0. The van der Waals surface area contributed by atoms with E-state index < -0.39 is 12.5 Å². The molecular weight excluding hydrogens is 357 g/mol. The molecule has 1 aromatic rings. The lowest BCUT2D eigenvalue weighted by Gasteiger charge is -2.14. The van der Waals surface area contributed by atoms with E-state index in [9.17, 15) is 8.78 Å². The Morgan fingerprint density at radius 1 is 1.20 bits per heavy atom. The van der Waals surface area contributed by atoms with Crippen molar-refractivity contribution < 1.29 is 8.78 Å². The van der Waals surface area contributed by atoms with Crippen LogP contribution >= 0.6 is 44.3 Å². The van der Waals surface area contributed by atoms with Gasteiger partial charge >= 0.3 is 0 Å². The second-order valence-electron chi connectivity index (χ2n) is 2.75. The molecule has 7 heteroatoms. The molecule has 0 aliphatic heterocycles. The summed E-state index contributed by atoms with van der Waals surface area (Å²) < 4.78 is 25.9. The zero-order valence-electron chi connectivity index (χ0n) is 7.38. The van der Waals surface area contributed by atoms with Crippen molar-refractivity contribution in [2.45, 2.75) is 12.5 Å². The van der Waals surface area contributed by atoms with Gasteiger partial charge in [-0.1, -0.05) is 15.9 Å². The summed E-state index contributed by atoms with van der Waals surface area (Å²) in [5.41, 5.74) is 11.4. The highest BCUT2D eigenvalue weighted by molar-refractivity contribution is 9.11. The highest BCUT2D eigenvalue weighted by atomic mass is 79.9. The smallest absolute Gasteiger partial charge is 0.257 e. The van der Waals surface area contributed by atoms with Crippen LogP contribution in [0.3, 0.4) is 0 Å². The summed E-state index contributed by atoms with van der Waals surface area (Å²) in [4.78, 5) is 0. The van der Waals surface area contributed by atoms with E-state index in [-0.39, 0.29) is 23.7 Å². The number of hydrogen-bond acceptors (Lipinski definition) is 2. The van der Waals surface area contributed by atoms with Crippen molar-refractivity contribution >= 4 is 50.0 Å². The molecule has 0 saturated heterocycles. The summed E-state index contributed by atoms with van der Waals surface area (Å²) in [5, 5.41) is 0. The van der Waals surface area contributed by atoms with Crippen molar-refractivity contribution in [2.24, 2.45) is 5.73 Å². The average molecular weight is 366 g/mol. The lowest BCUT2D eigenvalue weighted by atomic mass is 10.1. The first-order chi connectivity index (χ1) is 6.43. The molecule has 0 fully saturated rings. The molecule has 0 saturated carbocycles. The van der Waals surface area contributed by atoms with Crippen LogP contribution in [-0.4, -0.2) is 6.43 Å². The van der Waals surface area contributed by atoms with Crippen LogP contribution in [0.15, 0.2) is 21.1 Å². The summed E-state index contributed by atoms with van der Waals surface area (Å²) >= 11 is 6.34.